The molecule has 0 unspecified atom stereocenters. The Labute approximate surface area is 197 Å². The smallest absolute Gasteiger partial charge is 0.130 e. The number of hydrogen-bond acceptors (Lipinski definition) is 6. The minimum Gasteiger partial charge on any atom is -0.346 e. The maximum absolute atomic E-state index is 9.08. The number of nitriles is 1. The fourth-order valence-corrected chi connectivity index (χ4v) is 4.28. The number of nitrogens with zero attached hydrogens (tertiary/aromatic N) is 3. The molecule has 1 heterocycles. The van der Waals surface area contributed by atoms with Crippen LogP contribution in [0.25, 0.3) is 5.57 Å². The summed E-state index contributed by atoms with van der Waals surface area (Å²) in [5.41, 5.74) is 9.01. The highest BCUT2D eigenvalue weighted by Crippen LogP contribution is 2.34. The molecular formula is C27H34N6. The van der Waals surface area contributed by atoms with Gasteiger partial charge in [0.1, 0.15) is 11.9 Å². The molecule has 1 aromatic heterocycles. The van der Waals surface area contributed by atoms with Gasteiger partial charge in [0, 0.05) is 38.6 Å². The van der Waals surface area contributed by atoms with Gasteiger partial charge in [0.2, 0.25) is 0 Å². The van der Waals surface area contributed by atoms with E-state index in [4.69, 9.17) is 10.7 Å². The summed E-state index contributed by atoms with van der Waals surface area (Å²) in [5.74, 6) is 0.669. The van der Waals surface area contributed by atoms with Crippen LogP contribution in [0, 0.1) is 30.6 Å². The minimum absolute atomic E-state index is 0.571. The first-order chi connectivity index (χ1) is 16.0. The Balaban J connectivity index is 1.67. The standard InChI is InChI=1S/C27H34N6/c1-19-5-8-26-20(2)23(6-9-25(19)26)11-13-33(14-12-30-4)18-22(15-28)17-31-27-10-7-24(16-29)21(3)32-27/h6-7,9-10,15,17,28,30H,1,5,8,11-14,18H2,2-4H3,(H,31,32)/b22-17+,28-15?. The van der Waals surface area contributed by atoms with Crippen molar-refractivity contribution in [3.05, 3.63) is 76.1 Å². The van der Waals surface area contributed by atoms with E-state index in [-0.39, 0.29) is 0 Å². The monoisotopic (exact) mass is 442 g/mol. The van der Waals surface area contributed by atoms with E-state index in [1.165, 1.54) is 34.0 Å². The topological polar surface area (TPSA) is 87.8 Å². The van der Waals surface area contributed by atoms with Gasteiger partial charge in [-0.2, -0.15) is 5.26 Å². The highest BCUT2D eigenvalue weighted by molar-refractivity contribution is 5.77. The molecule has 1 aromatic carbocycles. The molecule has 0 amide bonds. The van der Waals surface area contributed by atoms with Gasteiger partial charge in [-0.1, -0.05) is 18.7 Å². The second-order valence-electron chi connectivity index (χ2n) is 8.56. The first-order valence-corrected chi connectivity index (χ1v) is 11.5. The molecule has 0 radical (unpaired) electrons. The van der Waals surface area contributed by atoms with Crippen LogP contribution in [-0.2, 0) is 12.8 Å². The lowest BCUT2D eigenvalue weighted by Gasteiger charge is -2.23. The number of fused-ring (bicyclic) bond motifs is 1. The molecule has 6 nitrogen and oxygen atoms in total. The van der Waals surface area contributed by atoms with Crippen molar-refractivity contribution in [3.63, 3.8) is 0 Å². The fourth-order valence-electron chi connectivity index (χ4n) is 4.28. The molecule has 6 heteroatoms. The number of hydrogen-bond donors (Lipinski definition) is 3. The Bertz CT molecular complexity index is 1090. The summed E-state index contributed by atoms with van der Waals surface area (Å²) in [4.78, 5) is 6.79. The van der Waals surface area contributed by atoms with Crippen LogP contribution in [0.5, 0.6) is 0 Å². The number of aryl methyl sites for hydroxylation is 1. The molecule has 3 N–H and O–H groups in total. The molecule has 3 rings (SSSR count). The van der Waals surface area contributed by atoms with Crippen molar-refractivity contribution in [3.8, 4) is 6.07 Å². The van der Waals surface area contributed by atoms with Gasteiger partial charge < -0.3 is 16.0 Å². The zero-order chi connectivity index (χ0) is 23.8. The van der Waals surface area contributed by atoms with Crippen LogP contribution in [0.15, 0.2) is 42.6 Å². The van der Waals surface area contributed by atoms with Crippen LogP contribution in [0.2, 0.25) is 0 Å². The van der Waals surface area contributed by atoms with E-state index in [9.17, 15) is 0 Å². The molecular weight excluding hydrogens is 408 g/mol. The molecule has 0 bridgehead atoms. The van der Waals surface area contributed by atoms with Crippen LogP contribution < -0.4 is 10.6 Å². The van der Waals surface area contributed by atoms with Crippen molar-refractivity contribution in [1.29, 1.82) is 10.7 Å². The van der Waals surface area contributed by atoms with Gasteiger partial charge in [-0.25, -0.2) is 4.98 Å². The third-order valence-corrected chi connectivity index (χ3v) is 6.35. The SMILES string of the molecule is C=C1CCc2c1ccc(CCN(CCNC)C/C(C=N)=C/Nc1ccc(C#N)c(C)n1)c2C. The van der Waals surface area contributed by atoms with Crippen LogP contribution in [0.4, 0.5) is 5.82 Å². The van der Waals surface area contributed by atoms with Crippen molar-refractivity contribution in [2.45, 2.75) is 33.1 Å². The molecule has 33 heavy (non-hydrogen) atoms. The molecule has 0 spiro atoms. The van der Waals surface area contributed by atoms with Crippen molar-refractivity contribution in [2.24, 2.45) is 0 Å². The lowest BCUT2D eigenvalue weighted by atomic mass is 9.96. The third-order valence-electron chi connectivity index (χ3n) is 6.35. The number of aromatic nitrogens is 1. The first-order valence-electron chi connectivity index (χ1n) is 11.5. The van der Waals surface area contributed by atoms with Crippen molar-refractivity contribution in [1.82, 2.24) is 15.2 Å². The van der Waals surface area contributed by atoms with E-state index in [2.05, 4.69) is 52.2 Å². The molecule has 0 aliphatic heterocycles. The summed E-state index contributed by atoms with van der Waals surface area (Å²) in [6.45, 7) is 11.6. The Kier molecular flexibility index (Phi) is 8.53. The number of rotatable bonds is 11. The van der Waals surface area contributed by atoms with Crippen molar-refractivity contribution >= 4 is 17.6 Å². The zero-order valence-corrected chi connectivity index (χ0v) is 20.0. The summed E-state index contributed by atoms with van der Waals surface area (Å²) in [5, 5.41) is 23.4. The lowest BCUT2D eigenvalue weighted by Crippen LogP contribution is -2.34. The van der Waals surface area contributed by atoms with E-state index in [0.29, 0.717) is 23.6 Å². The number of benzene rings is 1. The van der Waals surface area contributed by atoms with Gasteiger partial charge in [0.05, 0.1) is 11.3 Å². The average molecular weight is 443 g/mol. The second-order valence-corrected chi connectivity index (χ2v) is 8.56. The summed E-state index contributed by atoms with van der Waals surface area (Å²) in [6, 6.07) is 10.2. The first kappa shape index (κ1) is 24.4. The maximum Gasteiger partial charge on any atom is 0.130 e. The summed E-state index contributed by atoms with van der Waals surface area (Å²) in [6.07, 6.45) is 6.38. The highest BCUT2D eigenvalue weighted by Gasteiger charge is 2.18. The quantitative estimate of drug-likeness (QED) is 0.453. The van der Waals surface area contributed by atoms with Crippen LogP contribution in [0.1, 0.15) is 39.9 Å². The van der Waals surface area contributed by atoms with Gasteiger partial charge in [0.25, 0.3) is 0 Å². The molecule has 0 atom stereocenters. The third kappa shape index (κ3) is 6.16. The Morgan fingerprint density at radius 1 is 1.24 bits per heavy atom. The summed E-state index contributed by atoms with van der Waals surface area (Å²) < 4.78 is 0. The maximum atomic E-state index is 9.08. The van der Waals surface area contributed by atoms with E-state index < -0.39 is 0 Å². The van der Waals surface area contributed by atoms with Crippen LogP contribution >= 0.6 is 0 Å². The van der Waals surface area contributed by atoms with Crippen LogP contribution in [-0.4, -0.2) is 49.3 Å². The average Bonchev–Trinajstić information content (AvgIpc) is 3.20. The number of nitrogens with one attached hydrogen (secondary N) is 3. The van der Waals surface area contributed by atoms with E-state index >= 15 is 0 Å². The molecule has 0 saturated carbocycles. The highest BCUT2D eigenvalue weighted by atomic mass is 15.1. The van der Waals surface area contributed by atoms with E-state index in [0.717, 1.165) is 44.5 Å². The predicted molar refractivity (Wildman–Crippen MR) is 137 cm³/mol. The number of allylic oxidation sites excluding steroid dienone is 1. The predicted octanol–water partition coefficient (Wildman–Crippen LogP) is 4.24. The summed E-state index contributed by atoms with van der Waals surface area (Å²) in [7, 11) is 1.96. The van der Waals surface area contributed by atoms with Gasteiger partial charge in [-0.3, -0.25) is 4.90 Å². The minimum atomic E-state index is 0.571. The largest absolute Gasteiger partial charge is 0.346 e. The van der Waals surface area contributed by atoms with Crippen LogP contribution in [0.3, 0.4) is 0 Å². The fraction of sp³-hybridized carbons (Fsp3) is 0.370. The summed E-state index contributed by atoms with van der Waals surface area (Å²) >= 11 is 0. The molecule has 0 fully saturated rings. The lowest BCUT2D eigenvalue weighted by molar-refractivity contribution is 0.304. The second kappa shape index (κ2) is 11.6. The number of anilines is 1. The molecule has 0 saturated heterocycles. The Morgan fingerprint density at radius 3 is 2.76 bits per heavy atom. The van der Waals surface area contributed by atoms with Crippen molar-refractivity contribution < 1.29 is 0 Å². The molecule has 172 valence electrons. The van der Waals surface area contributed by atoms with E-state index in [1.807, 2.05) is 20.2 Å². The number of likely N-dealkylation sites (N-methyl/N-ethyl adjacent to an activating group) is 1. The molecule has 1 aliphatic rings. The van der Waals surface area contributed by atoms with E-state index in [1.54, 1.807) is 12.1 Å². The molecule has 1 aliphatic carbocycles. The normalized spacial score (nSPS) is 13.2. The van der Waals surface area contributed by atoms with Crippen molar-refractivity contribution in [2.75, 3.05) is 38.5 Å². The van der Waals surface area contributed by atoms with Gasteiger partial charge in [-0.15, -0.1) is 0 Å². The zero-order valence-electron chi connectivity index (χ0n) is 20.0. The Morgan fingerprint density at radius 2 is 2.06 bits per heavy atom. The van der Waals surface area contributed by atoms with Gasteiger partial charge in [-0.05, 0) is 85.7 Å². The Hall–Kier alpha value is -3.27. The molecule has 2 aromatic rings. The number of pyridine rings is 1. The van der Waals surface area contributed by atoms with Gasteiger partial charge >= 0.3 is 0 Å². The van der Waals surface area contributed by atoms with Gasteiger partial charge in [0.15, 0.2) is 0 Å².